The highest BCUT2D eigenvalue weighted by Crippen LogP contribution is 2.26. The number of benzene rings is 1. The second kappa shape index (κ2) is 4.07. The van der Waals surface area contributed by atoms with E-state index in [0.717, 1.165) is 16.7 Å². The molecule has 1 aliphatic rings. The lowest BCUT2D eigenvalue weighted by molar-refractivity contribution is -0.0285. The molecule has 3 rings (SSSR count). The average Bonchev–Trinajstić information content (AvgIpc) is 2.65. The number of rotatable bonds is 3. The molecule has 1 aromatic carbocycles. The molecule has 0 N–H and O–H groups in total. The molecule has 0 amide bonds. The minimum Gasteiger partial charge on any atom is -0.356 e. The van der Waals surface area contributed by atoms with Crippen LogP contribution in [0.2, 0.25) is 0 Å². The van der Waals surface area contributed by atoms with Crippen LogP contribution in [0.5, 0.6) is 0 Å². The quantitative estimate of drug-likeness (QED) is 0.822. The minimum atomic E-state index is -2.21. The van der Waals surface area contributed by atoms with Crippen LogP contribution in [0.4, 0.5) is 8.78 Å². The molecule has 0 unspecified atom stereocenters. The number of hydrogen-bond donors (Lipinski definition) is 0. The van der Waals surface area contributed by atoms with E-state index in [4.69, 9.17) is 4.52 Å². The van der Waals surface area contributed by atoms with Crippen LogP contribution in [-0.2, 0) is 6.54 Å². The van der Waals surface area contributed by atoms with Crippen molar-refractivity contribution in [2.24, 2.45) is 5.92 Å². The van der Waals surface area contributed by atoms with Gasteiger partial charge in [-0.2, -0.15) is 0 Å². The number of aromatic nitrogens is 1. The summed E-state index contributed by atoms with van der Waals surface area (Å²) in [5, 5.41) is 4.95. The van der Waals surface area contributed by atoms with Gasteiger partial charge in [0.15, 0.2) is 5.58 Å². The van der Waals surface area contributed by atoms with Crippen molar-refractivity contribution in [2.45, 2.75) is 13.0 Å². The molecule has 1 saturated heterocycles. The second-order valence-corrected chi connectivity index (χ2v) is 4.41. The van der Waals surface area contributed by atoms with Gasteiger partial charge in [0, 0.05) is 30.9 Å². The first-order chi connectivity index (χ1) is 8.24. The summed E-state index contributed by atoms with van der Waals surface area (Å²) in [6, 6.07) is 7.59. The van der Waals surface area contributed by atoms with Crippen molar-refractivity contribution in [3.63, 3.8) is 0 Å². The topological polar surface area (TPSA) is 29.3 Å². The summed E-state index contributed by atoms with van der Waals surface area (Å²) in [7, 11) is 0. The third-order valence-electron chi connectivity index (χ3n) is 3.17. The normalized spacial score (nSPS) is 17.8. The first kappa shape index (κ1) is 10.7. The van der Waals surface area contributed by atoms with Gasteiger partial charge in [0.05, 0.1) is 0 Å². The third-order valence-corrected chi connectivity index (χ3v) is 3.17. The van der Waals surface area contributed by atoms with E-state index in [9.17, 15) is 8.78 Å². The Morgan fingerprint density at radius 3 is 2.88 bits per heavy atom. The predicted octanol–water partition coefficient (Wildman–Crippen LogP) is 2.52. The standard InChI is InChI=1S/C12H12F2N2O/c13-12(14)8-5-16(6-8)7-10-9-3-1-2-4-11(9)17-15-10/h1-4,8,12H,5-7H2. The van der Waals surface area contributed by atoms with Crippen molar-refractivity contribution >= 4 is 11.0 Å². The molecule has 0 spiro atoms. The first-order valence-corrected chi connectivity index (χ1v) is 5.58. The lowest BCUT2D eigenvalue weighted by Crippen LogP contribution is -2.49. The molecule has 0 bridgehead atoms. The summed E-state index contributed by atoms with van der Waals surface area (Å²) in [5.41, 5.74) is 1.57. The zero-order chi connectivity index (χ0) is 11.8. The fourth-order valence-electron chi connectivity index (χ4n) is 2.16. The first-order valence-electron chi connectivity index (χ1n) is 5.58. The van der Waals surface area contributed by atoms with Crippen molar-refractivity contribution in [1.29, 1.82) is 0 Å². The Bertz CT molecular complexity index is 520. The van der Waals surface area contributed by atoms with Crippen molar-refractivity contribution in [2.75, 3.05) is 13.1 Å². The molecule has 3 nitrogen and oxygen atoms in total. The van der Waals surface area contributed by atoms with Gasteiger partial charge in [-0.05, 0) is 12.1 Å². The summed E-state index contributed by atoms with van der Waals surface area (Å²) in [4.78, 5) is 1.96. The van der Waals surface area contributed by atoms with Crippen molar-refractivity contribution in [1.82, 2.24) is 10.1 Å². The lowest BCUT2D eigenvalue weighted by Gasteiger charge is -2.38. The molecular weight excluding hydrogens is 226 g/mol. The monoisotopic (exact) mass is 238 g/mol. The lowest BCUT2D eigenvalue weighted by atomic mass is 10.0. The van der Waals surface area contributed by atoms with E-state index in [1.54, 1.807) is 0 Å². The number of alkyl halides is 2. The van der Waals surface area contributed by atoms with Crippen molar-refractivity contribution in [3.05, 3.63) is 30.0 Å². The van der Waals surface area contributed by atoms with Gasteiger partial charge < -0.3 is 4.52 Å². The van der Waals surface area contributed by atoms with Gasteiger partial charge in [-0.15, -0.1) is 0 Å². The van der Waals surface area contributed by atoms with E-state index in [-0.39, 0.29) is 0 Å². The summed E-state index contributed by atoms with van der Waals surface area (Å²) >= 11 is 0. The maximum absolute atomic E-state index is 12.3. The molecule has 17 heavy (non-hydrogen) atoms. The number of para-hydroxylation sites is 1. The Morgan fingerprint density at radius 2 is 2.12 bits per heavy atom. The molecule has 90 valence electrons. The molecule has 1 fully saturated rings. The van der Waals surface area contributed by atoms with Gasteiger partial charge >= 0.3 is 0 Å². The Labute approximate surface area is 97.0 Å². The van der Waals surface area contributed by atoms with E-state index in [1.165, 1.54) is 0 Å². The van der Waals surface area contributed by atoms with Crippen LogP contribution >= 0.6 is 0 Å². The molecule has 2 aromatic rings. The van der Waals surface area contributed by atoms with E-state index >= 15 is 0 Å². The number of fused-ring (bicyclic) bond motifs is 1. The molecule has 0 radical (unpaired) electrons. The summed E-state index contributed by atoms with van der Waals surface area (Å²) in [6.45, 7) is 1.47. The van der Waals surface area contributed by atoms with Gasteiger partial charge in [0.25, 0.3) is 0 Å². The summed E-state index contributed by atoms with van der Waals surface area (Å²) in [6.07, 6.45) is -2.21. The number of hydrogen-bond acceptors (Lipinski definition) is 3. The average molecular weight is 238 g/mol. The molecule has 0 aliphatic carbocycles. The van der Waals surface area contributed by atoms with Gasteiger partial charge in [-0.3, -0.25) is 4.90 Å². The van der Waals surface area contributed by atoms with Crippen LogP contribution < -0.4 is 0 Å². The van der Waals surface area contributed by atoms with Crippen molar-refractivity contribution in [3.8, 4) is 0 Å². The Kier molecular flexibility index (Phi) is 2.55. The van der Waals surface area contributed by atoms with Crippen LogP contribution in [-0.4, -0.2) is 29.6 Å². The second-order valence-electron chi connectivity index (χ2n) is 4.41. The molecule has 5 heteroatoms. The molecule has 0 saturated carbocycles. The summed E-state index contributed by atoms with van der Waals surface area (Å²) < 4.78 is 29.8. The van der Waals surface area contributed by atoms with E-state index in [1.807, 2.05) is 29.2 Å². The van der Waals surface area contributed by atoms with Crippen LogP contribution in [0, 0.1) is 5.92 Å². The number of halogens is 2. The van der Waals surface area contributed by atoms with Crippen LogP contribution in [0.1, 0.15) is 5.69 Å². The smallest absolute Gasteiger partial charge is 0.243 e. The maximum Gasteiger partial charge on any atom is 0.243 e. The molecule has 2 heterocycles. The number of likely N-dealkylation sites (tertiary alicyclic amines) is 1. The number of nitrogens with zero attached hydrogens (tertiary/aromatic N) is 2. The zero-order valence-electron chi connectivity index (χ0n) is 9.14. The van der Waals surface area contributed by atoms with Crippen LogP contribution in [0.3, 0.4) is 0 Å². The molecular formula is C12H12F2N2O. The Balaban J connectivity index is 1.70. The van der Waals surface area contributed by atoms with E-state index < -0.39 is 12.3 Å². The van der Waals surface area contributed by atoms with Gasteiger partial charge in [0.2, 0.25) is 6.43 Å². The highest BCUT2D eigenvalue weighted by molar-refractivity contribution is 5.79. The fourth-order valence-corrected chi connectivity index (χ4v) is 2.16. The van der Waals surface area contributed by atoms with E-state index in [2.05, 4.69) is 5.16 Å². The Morgan fingerprint density at radius 1 is 1.35 bits per heavy atom. The molecule has 0 atom stereocenters. The van der Waals surface area contributed by atoms with Gasteiger partial charge in [0.1, 0.15) is 5.69 Å². The predicted molar refractivity (Wildman–Crippen MR) is 58.8 cm³/mol. The van der Waals surface area contributed by atoms with Gasteiger partial charge in [-0.1, -0.05) is 17.3 Å². The Hall–Kier alpha value is -1.49. The van der Waals surface area contributed by atoms with Crippen LogP contribution in [0.15, 0.2) is 28.8 Å². The van der Waals surface area contributed by atoms with E-state index in [0.29, 0.717) is 19.6 Å². The van der Waals surface area contributed by atoms with Gasteiger partial charge in [-0.25, -0.2) is 8.78 Å². The zero-order valence-corrected chi connectivity index (χ0v) is 9.14. The summed E-state index contributed by atoms with van der Waals surface area (Å²) in [5.74, 6) is -0.479. The van der Waals surface area contributed by atoms with Crippen LogP contribution in [0.25, 0.3) is 11.0 Å². The maximum atomic E-state index is 12.3. The highest BCUT2D eigenvalue weighted by atomic mass is 19.3. The molecule has 1 aromatic heterocycles. The van der Waals surface area contributed by atoms with Crippen molar-refractivity contribution < 1.29 is 13.3 Å². The largest absolute Gasteiger partial charge is 0.356 e. The fraction of sp³-hybridized carbons (Fsp3) is 0.417. The minimum absolute atomic E-state index is 0.443. The third kappa shape index (κ3) is 1.91. The highest BCUT2D eigenvalue weighted by Gasteiger charge is 2.34. The molecule has 1 aliphatic heterocycles. The SMILES string of the molecule is FC(F)C1CN(Cc2noc3ccccc23)C1.